The van der Waals surface area contributed by atoms with Crippen molar-refractivity contribution in [1.82, 2.24) is 0 Å². The van der Waals surface area contributed by atoms with Crippen molar-refractivity contribution in [1.29, 1.82) is 0 Å². The van der Waals surface area contributed by atoms with E-state index in [1.807, 2.05) is 0 Å². The fourth-order valence-electron chi connectivity index (χ4n) is 9.05. The Morgan fingerprint density at radius 2 is 1.43 bits per heavy atom. The second-order valence-corrected chi connectivity index (χ2v) is 9.57. The van der Waals surface area contributed by atoms with Crippen molar-refractivity contribution >= 4 is 0 Å². The SMILES string of the molecule is C1=CC2CCC3CC4CCC5CCCC6C(C1)C2C3C4C56. The third kappa shape index (κ3) is 1.44. The van der Waals surface area contributed by atoms with Crippen molar-refractivity contribution in [2.24, 2.45) is 59.2 Å². The van der Waals surface area contributed by atoms with Crippen LogP contribution in [0.15, 0.2) is 12.2 Å². The summed E-state index contributed by atoms with van der Waals surface area (Å²) in [5, 5.41) is 0. The zero-order valence-electron chi connectivity index (χ0n) is 13.3. The average molecular weight is 282 g/mol. The molecule has 21 heavy (non-hydrogen) atoms. The molecule has 0 aromatic carbocycles. The number of allylic oxidation sites excluding steroid dienone is 2. The maximum atomic E-state index is 2.66. The van der Waals surface area contributed by atoms with Gasteiger partial charge in [-0.15, -0.1) is 0 Å². The summed E-state index contributed by atoms with van der Waals surface area (Å²) in [4.78, 5) is 0. The van der Waals surface area contributed by atoms with E-state index in [-0.39, 0.29) is 0 Å². The molecule has 0 aromatic heterocycles. The van der Waals surface area contributed by atoms with Crippen molar-refractivity contribution in [3.63, 3.8) is 0 Å². The lowest BCUT2D eigenvalue weighted by atomic mass is 9.43. The van der Waals surface area contributed by atoms with Crippen LogP contribution in [-0.4, -0.2) is 0 Å². The quantitative estimate of drug-likeness (QED) is 0.529. The number of fused-ring (bicyclic) bond motifs is 1. The maximum absolute atomic E-state index is 2.66. The normalized spacial score (nSPS) is 63.2. The van der Waals surface area contributed by atoms with E-state index >= 15 is 0 Å². The second-order valence-electron chi connectivity index (χ2n) is 9.57. The summed E-state index contributed by atoms with van der Waals surface area (Å²) in [7, 11) is 0. The van der Waals surface area contributed by atoms with Gasteiger partial charge >= 0.3 is 0 Å². The molecule has 0 nitrogen and oxygen atoms in total. The van der Waals surface area contributed by atoms with E-state index in [0.29, 0.717) is 0 Å². The van der Waals surface area contributed by atoms with Gasteiger partial charge in [-0.1, -0.05) is 25.0 Å². The minimum atomic E-state index is 0.993. The molecule has 0 heteroatoms. The van der Waals surface area contributed by atoms with Gasteiger partial charge in [0.2, 0.25) is 0 Å². The lowest BCUT2D eigenvalue weighted by molar-refractivity contribution is -0.123. The van der Waals surface area contributed by atoms with Crippen LogP contribution in [-0.2, 0) is 0 Å². The third-order valence-electron chi connectivity index (χ3n) is 9.29. The van der Waals surface area contributed by atoms with Crippen LogP contribution < -0.4 is 0 Å². The van der Waals surface area contributed by atoms with E-state index in [1.165, 1.54) is 24.2 Å². The van der Waals surface area contributed by atoms with Crippen LogP contribution in [0.3, 0.4) is 0 Å². The van der Waals surface area contributed by atoms with E-state index in [4.69, 9.17) is 0 Å². The van der Waals surface area contributed by atoms with Gasteiger partial charge in [-0.05, 0) is 104 Å². The van der Waals surface area contributed by atoms with Crippen molar-refractivity contribution in [3.8, 4) is 0 Å². The smallest absolute Gasteiger partial charge is 0.0199 e. The monoisotopic (exact) mass is 282 g/mol. The highest BCUT2D eigenvalue weighted by molar-refractivity contribution is 5.16. The van der Waals surface area contributed by atoms with Crippen LogP contribution in [0.1, 0.15) is 57.8 Å². The number of hydrogen-bond donors (Lipinski definition) is 0. The summed E-state index contributed by atoms with van der Waals surface area (Å²) < 4.78 is 0. The van der Waals surface area contributed by atoms with Crippen LogP contribution in [0.4, 0.5) is 0 Å². The highest BCUT2D eigenvalue weighted by Gasteiger charge is 2.63. The van der Waals surface area contributed by atoms with Gasteiger partial charge in [-0.25, -0.2) is 0 Å². The molecular weight excluding hydrogens is 252 g/mol. The van der Waals surface area contributed by atoms with E-state index in [0.717, 1.165) is 41.4 Å². The van der Waals surface area contributed by atoms with Gasteiger partial charge in [0.25, 0.3) is 0 Å². The Hall–Kier alpha value is -0.260. The summed E-state index contributed by atoms with van der Waals surface area (Å²) >= 11 is 0. The largest absolute Gasteiger partial charge is 0.0880 e. The molecule has 6 aliphatic carbocycles. The van der Waals surface area contributed by atoms with Crippen molar-refractivity contribution in [2.75, 3.05) is 0 Å². The Kier molecular flexibility index (Phi) is 2.43. The Labute approximate surface area is 129 Å². The Morgan fingerprint density at radius 1 is 0.619 bits per heavy atom. The first-order valence-corrected chi connectivity index (χ1v) is 10.1. The molecule has 6 aliphatic rings. The standard InChI is InChI=1S/C21H30/c1-3-12-7-9-14-11-15-10-8-13-4-2-6-17-16(5-1)18(12)20(14)21(15)19(13)17/h1,3,12-21H,2,4-11H2. The predicted octanol–water partition coefficient (Wildman–Crippen LogP) is 5.30. The van der Waals surface area contributed by atoms with Crippen molar-refractivity contribution < 1.29 is 0 Å². The molecule has 0 aliphatic heterocycles. The first-order valence-electron chi connectivity index (χ1n) is 10.1. The van der Waals surface area contributed by atoms with Gasteiger partial charge in [0.1, 0.15) is 0 Å². The van der Waals surface area contributed by atoms with E-state index in [9.17, 15) is 0 Å². The summed E-state index contributed by atoms with van der Waals surface area (Å²) in [5.41, 5.74) is 0. The molecule has 0 amide bonds. The molecule has 114 valence electrons. The Bertz CT molecular complexity index is 476. The molecule has 10 unspecified atom stereocenters. The van der Waals surface area contributed by atoms with Gasteiger partial charge in [0.15, 0.2) is 0 Å². The molecule has 5 saturated carbocycles. The lowest BCUT2D eigenvalue weighted by Crippen LogP contribution is -2.56. The topological polar surface area (TPSA) is 0 Å². The molecule has 0 saturated heterocycles. The predicted molar refractivity (Wildman–Crippen MR) is 85.6 cm³/mol. The first kappa shape index (κ1) is 12.2. The third-order valence-corrected chi connectivity index (χ3v) is 9.29. The molecule has 0 bridgehead atoms. The number of rotatable bonds is 0. The summed E-state index contributed by atoms with van der Waals surface area (Å²) in [6, 6.07) is 0. The zero-order chi connectivity index (χ0) is 13.6. The van der Waals surface area contributed by atoms with Crippen LogP contribution in [0, 0.1) is 59.2 Å². The molecule has 0 heterocycles. The molecule has 0 N–H and O–H groups in total. The molecule has 6 rings (SSSR count). The average Bonchev–Trinajstić information content (AvgIpc) is 2.93. The lowest BCUT2D eigenvalue weighted by Gasteiger charge is -2.61. The van der Waals surface area contributed by atoms with Crippen LogP contribution in [0.25, 0.3) is 0 Å². The molecule has 0 aromatic rings. The van der Waals surface area contributed by atoms with Gasteiger partial charge in [-0.3, -0.25) is 0 Å². The summed E-state index contributed by atoms with van der Waals surface area (Å²) in [6.07, 6.45) is 19.5. The van der Waals surface area contributed by atoms with Gasteiger partial charge in [-0.2, -0.15) is 0 Å². The van der Waals surface area contributed by atoms with Gasteiger partial charge < -0.3 is 0 Å². The molecule has 0 radical (unpaired) electrons. The molecule has 5 fully saturated rings. The maximum Gasteiger partial charge on any atom is -0.0199 e. The summed E-state index contributed by atoms with van der Waals surface area (Å²) in [6.45, 7) is 0. The Morgan fingerprint density at radius 3 is 2.38 bits per heavy atom. The highest BCUT2D eigenvalue weighted by atomic mass is 14.7. The van der Waals surface area contributed by atoms with Gasteiger partial charge in [0, 0.05) is 0 Å². The van der Waals surface area contributed by atoms with Crippen LogP contribution in [0.5, 0.6) is 0 Å². The van der Waals surface area contributed by atoms with E-state index < -0.39 is 0 Å². The van der Waals surface area contributed by atoms with Crippen LogP contribution >= 0.6 is 0 Å². The molecule has 10 atom stereocenters. The highest BCUT2D eigenvalue weighted by Crippen LogP contribution is 2.70. The van der Waals surface area contributed by atoms with Crippen molar-refractivity contribution in [2.45, 2.75) is 57.8 Å². The molecule has 0 spiro atoms. The number of hydrogen-bond acceptors (Lipinski definition) is 0. The fourth-order valence-corrected chi connectivity index (χ4v) is 9.05. The Balaban J connectivity index is 1.50. The molecular formula is C21H30. The van der Waals surface area contributed by atoms with Crippen molar-refractivity contribution in [3.05, 3.63) is 12.2 Å². The van der Waals surface area contributed by atoms with E-state index in [1.54, 1.807) is 51.4 Å². The van der Waals surface area contributed by atoms with Crippen LogP contribution in [0.2, 0.25) is 0 Å². The van der Waals surface area contributed by atoms with Gasteiger partial charge in [0.05, 0.1) is 0 Å². The van der Waals surface area contributed by atoms with E-state index in [2.05, 4.69) is 12.2 Å². The first-order chi connectivity index (χ1) is 10.4. The fraction of sp³-hybridized carbons (Fsp3) is 0.905. The zero-order valence-corrected chi connectivity index (χ0v) is 13.3. The minimum absolute atomic E-state index is 0.993. The minimum Gasteiger partial charge on any atom is -0.0880 e. The summed E-state index contributed by atoms with van der Waals surface area (Å²) in [5.74, 6) is 11.4. The second kappa shape index (κ2) is 4.18.